The molecule has 0 fully saturated rings. The lowest BCUT2D eigenvalue weighted by Gasteiger charge is -2.20. The molecule has 130 valence electrons. The van der Waals surface area contributed by atoms with Gasteiger partial charge >= 0.3 is 0 Å². The molecule has 1 atom stereocenters. The van der Waals surface area contributed by atoms with Crippen LogP contribution in [0.3, 0.4) is 0 Å². The monoisotopic (exact) mass is 349 g/mol. The summed E-state index contributed by atoms with van der Waals surface area (Å²) in [4.78, 5) is 16.2. The van der Waals surface area contributed by atoms with E-state index in [2.05, 4.69) is 42.3 Å². The average Bonchev–Trinajstić information content (AvgIpc) is 2.93. The van der Waals surface area contributed by atoms with Crippen molar-refractivity contribution in [3.8, 4) is 0 Å². The van der Waals surface area contributed by atoms with E-state index >= 15 is 0 Å². The lowest BCUT2D eigenvalue weighted by Crippen LogP contribution is -2.20. The van der Waals surface area contributed by atoms with Gasteiger partial charge in [0.25, 0.3) is 0 Å². The van der Waals surface area contributed by atoms with E-state index in [9.17, 15) is 9.00 Å². The van der Waals surface area contributed by atoms with E-state index in [0.29, 0.717) is 5.82 Å². The first-order valence-electron chi connectivity index (χ1n) is 7.72. The molecular formula is C17H23N3O3S. The summed E-state index contributed by atoms with van der Waals surface area (Å²) in [6.07, 6.45) is 0.0468. The van der Waals surface area contributed by atoms with Gasteiger partial charge in [0.2, 0.25) is 11.8 Å². The molecule has 0 saturated heterocycles. The number of amides is 1. The van der Waals surface area contributed by atoms with Crippen molar-refractivity contribution in [3.63, 3.8) is 0 Å². The summed E-state index contributed by atoms with van der Waals surface area (Å²) in [5.41, 5.74) is 2.08. The molecule has 0 bridgehead atoms. The average molecular weight is 349 g/mol. The Bertz CT molecular complexity index is 763. The second-order valence-electron chi connectivity index (χ2n) is 6.67. The highest BCUT2D eigenvalue weighted by molar-refractivity contribution is 7.84. The molecule has 0 spiro atoms. The Morgan fingerprint density at radius 3 is 2.67 bits per heavy atom. The lowest BCUT2D eigenvalue weighted by atomic mass is 9.87. The lowest BCUT2D eigenvalue weighted by molar-refractivity contribution is -0.120. The molecule has 1 amide bonds. The van der Waals surface area contributed by atoms with Crippen LogP contribution >= 0.6 is 0 Å². The van der Waals surface area contributed by atoms with Crippen LogP contribution in [0.5, 0.6) is 0 Å². The maximum absolute atomic E-state index is 12.7. The molecule has 7 heteroatoms. The first kappa shape index (κ1) is 18.3. The zero-order chi connectivity index (χ0) is 17.9. The van der Waals surface area contributed by atoms with Crippen molar-refractivity contribution in [1.82, 2.24) is 15.5 Å². The molecule has 1 heterocycles. The minimum absolute atomic E-state index is 0.0161. The Labute approximate surface area is 144 Å². The Hall–Kier alpha value is -2.02. The van der Waals surface area contributed by atoms with Gasteiger partial charge in [0.1, 0.15) is 5.75 Å². The van der Waals surface area contributed by atoms with Crippen LogP contribution in [0, 0.1) is 6.92 Å². The Morgan fingerprint density at radius 1 is 1.33 bits per heavy atom. The van der Waals surface area contributed by atoms with Gasteiger partial charge in [-0.05, 0) is 29.5 Å². The second-order valence-corrected chi connectivity index (χ2v) is 8.09. The predicted octanol–water partition coefficient (Wildman–Crippen LogP) is 2.27. The predicted molar refractivity (Wildman–Crippen MR) is 92.1 cm³/mol. The minimum Gasteiger partial charge on any atom is -0.359 e. The summed E-state index contributed by atoms with van der Waals surface area (Å²) in [6, 6.07) is 6.02. The molecule has 0 saturated carbocycles. The first-order valence-corrected chi connectivity index (χ1v) is 9.04. The highest BCUT2D eigenvalue weighted by Crippen LogP contribution is 2.26. The minimum atomic E-state index is -1.29. The van der Waals surface area contributed by atoms with Gasteiger partial charge in [-0.3, -0.25) is 9.00 Å². The summed E-state index contributed by atoms with van der Waals surface area (Å²) in [5.74, 6) is 0.501. The molecular weight excluding hydrogens is 326 g/mol. The topological polar surface area (TPSA) is 85.1 Å². The van der Waals surface area contributed by atoms with E-state index in [1.807, 2.05) is 19.1 Å². The SMILES string of the molecule is CNC(=O)Cc1noc(C[S@](=O)c2cc(C(C)(C)C)ccc2C)n1. The van der Waals surface area contributed by atoms with Gasteiger partial charge < -0.3 is 9.84 Å². The third kappa shape index (κ3) is 4.50. The van der Waals surface area contributed by atoms with E-state index in [4.69, 9.17) is 4.52 Å². The standard InChI is InChI=1S/C17H23N3O3S/c1-11-6-7-12(17(2,3)4)8-13(11)24(22)10-16-19-14(20-23-16)9-15(21)18-5/h6-8H,9-10H2,1-5H3,(H,18,21)/t24-/m0/s1. The number of nitrogens with zero attached hydrogens (tertiary/aromatic N) is 2. The fourth-order valence-electron chi connectivity index (χ4n) is 2.15. The van der Waals surface area contributed by atoms with Crippen LogP contribution < -0.4 is 5.32 Å². The van der Waals surface area contributed by atoms with Crippen LogP contribution in [0.4, 0.5) is 0 Å². The number of benzene rings is 1. The summed E-state index contributed by atoms with van der Waals surface area (Å²) in [6.45, 7) is 8.29. The van der Waals surface area contributed by atoms with E-state index in [-0.39, 0.29) is 29.4 Å². The van der Waals surface area contributed by atoms with Crippen LogP contribution in [0.15, 0.2) is 27.6 Å². The van der Waals surface area contributed by atoms with Gasteiger partial charge in [0, 0.05) is 11.9 Å². The van der Waals surface area contributed by atoms with E-state index < -0.39 is 10.8 Å². The fraction of sp³-hybridized carbons (Fsp3) is 0.471. The summed E-state index contributed by atoms with van der Waals surface area (Å²) in [7, 11) is 0.256. The highest BCUT2D eigenvalue weighted by atomic mass is 32.2. The molecule has 0 radical (unpaired) electrons. The summed E-state index contributed by atoms with van der Waals surface area (Å²) >= 11 is 0. The smallest absolute Gasteiger partial charge is 0.239 e. The van der Waals surface area contributed by atoms with E-state index in [1.54, 1.807) is 7.05 Å². The zero-order valence-electron chi connectivity index (χ0n) is 14.7. The van der Waals surface area contributed by atoms with Crippen LogP contribution in [0.2, 0.25) is 0 Å². The number of hydrogen-bond acceptors (Lipinski definition) is 5. The Kier molecular flexibility index (Phi) is 5.54. The molecule has 0 aliphatic heterocycles. The third-order valence-electron chi connectivity index (χ3n) is 3.66. The third-order valence-corrected chi connectivity index (χ3v) is 5.10. The summed E-state index contributed by atoms with van der Waals surface area (Å²) in [5, 5.41) is 6.25. The Morgan fingerprint density at radius 2 is 2.04 bits per heavy atom. The van der Waals surface area contributed by atoms with Crippen molar-refractivity contribution in [2.75, 3.05) is 7.05 Å². The molecule has 0 aliphatic carbocycles. The van der Waals surface area contributed by atoms with Gasteiger partial charge in [-0.25, -0.2) is 0 Å². The van der Waals surface area contributed by atoms with Gasteiger partial charge in [-0.2, -0.15) is 4.98 Å². The molecule has 0 unspecified atom stereocenters. The molecule has 6 nitrogen and oxygen atoms in total. The number of carbonyl (C=O) groups is 1. The number of aromatic nitrogens is 2. The quantitative estimate of drug-likeness (QED) is 0.895. The normalized spacial score (nSPS) is 12.9. The van der Waals surface area contributed by atoms with Crippen LogP contribution in [0.25, 0.3) is 0 Å². The zero-order valence-corrected chi connectivity index (χ0v) is 15.5. The maximum atomic E-state index is 12.7. The molecule has 1 N–H and O–H groups in total. The highest BCUT2D eigenvalue weighted by Gasteiger charge is 2.19. The number of rotatable bonds is 5. The van der Waals surface area contributed by atoms with Gasteiger partial charge in [-0.1, -0.05) is 38.1 Å². The van der Waals surface area contributed by atoms with Gasteiger partial charge in [0.05, 0.1) is 17.2 Å². The van der Waals surface area contributed by atoms with Crippen LogP contribution in [-0.2, 0) is 33.2 Å². The van der Waals surface area contributed by atoms with Crippen LogP contribution in [-0.4, -0.2) is 27.3 Å². The molecule has 2 rings (SSSR count). The fourth-order valence-corrected chi connectivity index (χ4v) is 3.34. The van der Waals surface area contributed by atoms with Crippen molar-refractivity contribution in [2.45, 2.75) is 50.2 Å². The molecule has 24 heavy (non-hydrogen) atoms. The van der Waals surface area contributed by atoms with Crippen molar-refractivity contribution < 1.29 is 13.5 Å². The number of aryl methyl sites for hydroxylation is 1. The number of likely N-dealkylation sites (N-methyl/N-ethyl adjacent to an activating group) is 1. The van der Waals surface area contributed by atoms with E-state index in [0.717, 1.165) is 16.0 Å². The molecule has 1 aromatic carbocycles. The van der Waals surface area contributed by atoms with Crippen molar-refractivity contribution in [2.24, 2.45) is 0 Å². The number of nitrogens with one attached hydrogen (secondary N) is 1. The first-order chi connectivity index (χ1) is 11.2. The van der Waals surface area contributed by atoms with Gasteiger partial charge in [0.15, 0.2) is 5.82 Å². The molecule has 1 aromatic heterocycles. The van der Waals surface area contributed by atoms with Crippen molar-refractivity contribution >= 4 is 16.7 Å². The van der Waals surface area contributed by atoms with Crippen LogP contribution in [0.1, 0.15) is 43.6 Å². The van der Waals surface area contributed by atoms with Gasteiger partial charge in [-0.15, -0.1) is 0 Å². The molecule has 0 aliphatic rings. The number of hydrogen-bond donors (Lipinski definition) is 1. The maximum Gasteiger partial charge on any atom is 0.239 e. The van der Waals surface area contributed by atoms with E-state index in [1.165, 1.54) is 0 Å². The largest absolute Gasteiger partial charge is 0.359 e. The second kappa shape index (κ2) is 7.25. The molecule has 2 aromatic rings. The van der Waals surface area contributed by atoms with Crippen molar-refractivity contribution in [3.05, 3.63) is 41.0 Å². The number of carbonyl (C=O) groups excluding carboxylic acids is 1. The van der Waals surface area contributed by atoms with Crippen molar-refractivity contribution in [1.29, 1.82) is 0 Å². The summed E-state index contributed by atoms with van der Waals surface area (Å²) < 4.78 is 17.8. The Balaban J connectivity index is 2.17.